The van der Waals surface area contributed by atoms with Crippen molar-refractivity contribution >= 4 is 52.4 Å². The van der Waals surface area contributed by atoms with Gasteiger partial charge in [0.1, 0.15) is 11.5 Å². The third-order valence-corrected chi connectivity index (χ3v) is 5.44. The summed E-state index contributed by atoms with van der Waals surface area (Å²) in [6.45, 7) is 1.65. The van der Waals surface area contributed by atoms with Crippen LogP contribution < -0.4 is 15.4 Å². The minimum absolute atomic E-state index is 0.0657. The number of carbonyl (C=O) groups is 3. The van der Waals surface area contributed by atoms with Crippen molar-refractivity contribution in [2.45, 2.75) is 32.6 Å². The molecule has 0 radical (unpaired) electrons. The maximum Gasteiger partial charge on any atom is 0.397 e. The number of carbonyl (C=O) groups excluding carboxylic acids is 3. The molecule has 0 bridgehead atoms. The molecule has 3 N–H and O–H groups in total. The highest BCUT2D eigenvalue weighted by Gasteiger charge is 2.22. The molecule has 1 fully saturated rings. The number of halogens is 2. The molecule has 0 aliphatic heterocycles. The zero-order valence-corrected chi connectivity index (χ0v) is 18.8. The topological polar surface area (TPSA) is 114 Å². The van der Waals surface area contributed by atoms with Crippen LogP contribution in [0.5, 0.6) is 17.2 Å². The Kier molecular flexibility index (Phi) is 7.82. The van der Waals surface area contributed by atoms with E-state index in [-0.39, 0.29) is 51.2 Å². The maximum absolute atomic E-state index is 12.2. The van der Waals surface area contributed by atoms with Crippen LogP contribution in [0.3, 0.4) is 0 Å². The number of rotatable bonds is 7. The van der Waals surface area contributed by atoms with Crippen molar-refractivity contribution in [3.63, 3.8) is 0 Å². The van der Waals surface area contributed by atoms with Gasteiger partial charge in [0.05, 0.1) is 22.3 Å². The van der Waals surface area contributed by atoms with Crippen LogP contribution in [0.25, 0.3) is 0 Å². The van der Waals surface area contributed by atoms with E-state index in [1.165, 1.54) is 30.3 Å². The number of aromatic hydroxyl groups is 1. The lowest BCUT2D eigenvalue weighted by atomic mass is 9.83. The van der Waals surface area contributed by atoms with Crippen LogP contribution in [0.4, 0.5) is 11.4 Å². The quantitative estimate of drug-likeness (QED) is 0.287. The Hall–Kier alpha value is -2.97. The van der Waals surface area contributed by atoms with Gasteiger partial charge in [-0.1, -0.05) is 29.6 Å². The number of anilines is 2. The Morgan fingerprint density at radius 3 is 2.38 bits per heavy atom. The van der Waals surface area contributed by atoms with Gasteiger partial charge in [0.15, 0.2) is 5.75 Å². The van der Waals surface area contributed by atoms with Crippen molar-refractivity contribution in [3.05, 3.63) is 40.4 Å². The van der Waals surface area contributed by atoms with Gasteiger partial charge in [0.2, 0.25) is 5.91 Å². The van der Waals surface area contributed by atoms with Gasteiger partial charge in [-0.05, 0) is 49.9 Å². The van der Waals surface area contributed by atoms with E-state index in [2.05, 4.69) is 15.4 Å². The lowest BCUT2D eigenvalue weighted by molar-refractivity contribution is -0.152. The number of benzene rings is 2. The Labute approximate surface area is 194 Å². The largest absolute Gasteiger partial charge is 0.506 e. The van der Waals surface area contributed by atoms with Crippen LogP contribution in [0, 0.1) is 5.92 Å². The van der Waals surface area contributed by atoms with E-state index in [1.807, 2.05) is 0 Å². The van der Waals surface area contributed by atoms with Gasteiger partial charge in [0.25, 0.3) is 0 Å². The number of ether oxygens (including phenoxy) is 2. The second-order valence-electron chi connectivity index (χ2n) is 7.27. The average molecular weight is 481 g/mol. The van der Waals surface area contributed by atoms with E-state index in [0.717, 1.165) is 19.3 Å². The Morgan fingerprint density at radius 1 is 1.09 bits per heavy atom. The summed E-state index contributed by atoms with van der Waals surface area (Å²) < 4.78 is 10.4. The van der Waals surface area contributed by atoms with Gasteiger partial charge in [0, 0.05) is 18.2 Å². The van der Waals surface area contributed by atoms with Crippen molar-refractivity contribution in [1.82, 2.24) is 0 Å². The number of phenolic OH excluding ortho intramolecular Hbond substituents is 1. The lowest BCUT2D eigenvalue weighted by Crippen LogP contribution is -2.24. The summed E-state index contributed by atoms with van der Waals surface area (Å²) in [5, 5.41) is 15.2. The highest BCUT2D eigenvalue weighted by molar-refractivity contribution is 6.39. The second kappa shape index (κ2) is 10.6. The van der Waals surface area contributed by atoms with Gasteiger partial charge < -0.3 is 25.2 Å². The number of phenols is 1. The number of hydrogen-bond donors (Lipinski definition) is 3. The van der Waals surface area contributed by atoms with Gasteiger partial charge >= 0.3 is 11.9 Å². The first-order valence-corrected chi connectivity index (χ1v) is 10.8. The van der Waals surface area contributed by atoms with E-state index in [1.54, 1.807) is 6.92 Å². The molecule has 10 heteroatoms. The zero-order chi connectivity index (χ0) is 23.3. The second-order valence-corrected chi connectivity index (χ2v) is 8.09. The number of esters is 1. The molecule has 0 aromatic heterocycles. The maximum atomic E-state index is 12.2. The fourth-order valence-electron chi connectivity index (χ4n) is 3.07. The predicted molar refractivity (Wildman–Crippen MR) is 120 cm³/mol. The minimum atomic E-state index is -1.03. The first-order valence-electron chi connectivity index (χ1n) is 10.0. The molecule has 0 saturated heterocycles. The summed E-state index contributed by atoms with van der Waals surface area (Å²) in [7, 11) is 0. The van der Waals surface area contributed by atoms with Gasteiger partial charge in [-0.3, -0.25) is 9.59 Å². The van der Waals surface area contributed by atoms with E-state index >= 15 is 0 Å². The van der Waals surface area contributed by atoms with Gasteiger partial charge in [-0.25, -0.2) is 4.79 Å². The van der Waals surface area contributed by atoms with Crippen molar-refractivity contribution < 1.29 is 29.0 Å². The molecule has 1 aliphatic rings. The summed E-state index contributed by atoms with van der Waals surface area (Å²) in [4.78, 5) is 35.4. The summed E-state index contributed by atoms with van der Waals surface area (Å²) in [6, 6.07) is 7.05. The first-order chi connectivity index (χ1) is 15.3. The van der Waals surface area contributed by atoms with Crippen LogP contribution in [-0.2, 0) is 19.1 Å². The molecule has 1 saturated carbocycles. The van der Waals surface area contributed by atoms with E-state index in [4.69, 9.17) is 27.9 Å². The molecular weight excluding hydrogens is 459 g/mol. The smallest absolute Gasteiger partial charge is 0.397 e. The van der Waals surface area contributed by atoms with Crippen LogP contribution in [0.1, 0.15) is 32.6 Å². The van der Waals surface area contributed by atoms with Crippen LogP contribution in [0.15, 0.2) is 30.3 Å². The molecule has 0 atom stereocenters. The third kappa shape index (κ3) is 6.05. The molecule has 2 aromatic carbocycles. The zero-order valence-electron chi connectivity index (χ0n) is 17.2. The molecule has 170 valence electrons. The molecule has 0 spiro atoms. The number of amides is 2. The summed E-state index contributed by atoms with van der Waals surface area (Å²) in [5.74, 6) is -1.52. The molecule has 8 nitrogen and oxygen atoms in total. The van der Waals surface area contributed by atoms with E-state index in [9.17, 15) is 19.5 Å². The molecule has 0 heterocycles. The SMILES string of the molecule is CCOC(=O)C(=O)Nc1cc(Cl)c(Oc2ccc(O)c(NC(=O)CC3CCC3)c2)c(Cl)c1. The Bertz CT molecular complexity index is 1020. The average Bonchev–Trinajstić information content (AvgIpc) is 2.70. The number of nitrogens with one attached hydrogen (secondary N) is 2. The molecule has 1 aliphatic carbocycles. The standard InChI is InChI=1S/C22H22Cl2N2O6/c1-2-31-22(30)21(29)25-13-9-15(23)20(16(24)10-13)32-14-6-7-18(27)17(11-14)26-19(28)8-12-4-3-5-12/h6-7,9-12,27H,2-5,8H2,1H3,(H,25,29)(H,26,28). The Morgan fingerprint density at radius 2 is 1.78 bits per heavy atom. The highest BCUT2D eigenvalue weighted by Crippen LogP contribution is 2.40. The van der Waals surface area contributed by atoms with Crippen molar-refractivity contribution in [1.29, 1.82) is 0 Å². The molecule has 2 aromatic rings. The third-order valence-electron chi connectivity index (χ3n) is 4.88. The molecular formula is C22H22Cl2N2O6. The Balaban J connectivity index is 1.71. The lowest BCUT2D eigenvalue weighted by Gasteiger charge is -2.24. The fourth-order valence-corrected chi connectivity index (χ4v) is 3.63. The summed E-state index contributed by atoms with van der Waals surface area (Å²) >= 11 is 12.5. The fraction of sp³-hybridized carbons (Fsp3) is 0.318. The van der Waals surface area contributed by atoms with Crippen LogP contribution >= 0.6 is 23.2 Å². The van der Waals surface area contributed by atoms with Crippen molar-refractivity contribution in [3.8, 4) is 17.2 Å². The highest BCUT2D eigenvalue weighted by atomic mass is 35.5. The van der Waals surface area contributed by atoms with Crippen molar-refractivity contribution in [2.24, 2.45) is 5.92 Å². The van der Waals surface area contributed by atoms with Crippen LogP contribution in [-0.4, -0.2) is 29.5 Å². The molecule has 32 heavy (non-hydrogen) atoms. The van der Waals surface area contributed by atoms with Gasteiger partial charge in [-0.15, -0.1) is 0 Å². The van der Waals surface area contributed by atoms with E-state index in [0.29, 0.717) is 12.3 Å². The van der Waals surface area contributed by atoms with Gasteiger partial charge in [-0.2, -0.15) is 0 Å². The van der Waals surface area contributed by atoms with Crippen molar-refractivity contribution in [2.75, 3.05) is 17.2 Å². The van der Waals surface area contributed by atoms with E-state index < -0.39 is 11.9 Å². The predicted octanol–water partition coefficient (Wildman–Crippen LogP) is 5.12. The minimum Gasteiger partial charge on any atom is -0.506 e. The molecule has 3 rings (SSSR count). The first kappa shape index (κ1) is 23.7. The molecule has 0 unspecified atom stereocenters. The monoisotopic (exact) mass is 480 g/mol. The summed E-state index contributed by atoms with van der Waals surface area (Å²) in [6.07, 6.45) is 3.62. The normalized spacial score (nSPS) is 13.1. The molecule has 2 amide bonds. The number of hydrogen-bond acceptors (Lipinski definition) is 6. The summed E-state index contributed by atoms with van der Waals surface area (Å²) in [5.41, 5.74) is 0.387. The van der Waals surface area contributed by atoms with Crippen LogP contribution in [0.2, 0.25) is 10.0 Å².